The van der Waals surface area contributed by atoms with Crippen LogP contribution in [-0.4, -0.2) is 36.8 Å². The van der Waals surface area contributed by atoms with Crippen LogP contribution in [0.5, 0.6) is 0 Å². The first-order valence-electron chi connectivity index (χ1n) is 7.29. The molecule has 0 aliphatic carbocycles. The van der Waals surface area contributed by atoms with Crippen LogP contribution in [0.15, 0.2) is 0 Å². The minimum Gasteiger partial charge on any atom is -0.393 e. The molecule has 3 N–H and O–H groups in total. The molecule has 1 fully saturated rings. The third-order valence-corrected chi connectivity index (χ3v) is 3.97. The maximum absolute atomic E-state index is 11.8. The first-order valence-corrected chi connectivity index (χ1v) is 7.29. The second kappa shape index (κ2) is 10.5. The van der Waals surface area contributed by atoms with Crippen LogP contribution in [-0.2, 0) is 4.79 Å². The van der Waals surface area contributed by atoms with Crippen LogP contribution in [0.25, 0.3) is 0 Å². The minimum atomic E-state index is -0.285. The van der Waals surface area contributed by atoms with Gasteiger partial charge in [0.1, 0.15) is 0 Å². The number of aliphatic hydroxyl groups excluding tert-OH is 1. The summed E-state index contributed by atoms with van der Waals surface area (Å²) in [4.78, 5) is 11.8. The number of hydrogen-bond acceptors (Lipinski definition) is 3. The molecule has 0 aromatic heterocycles. The van der Waals surface area contributed by atoms with Gasteiger partial charge in [-0.1, -0.05) is 13.8 Å². The zero-order valence-electron chi connectivity index (χ0n) is 12.2. The third-order valence-electron chi connectivity index (χ3n) is 3.97. The molecule has 4 nitrogen and oxygen atoms in total. The van der Waals surface area contributed by atoms with Crippen LogP contribution in [0, 0.1) is 11.8 Å². The lowest BCUT2D eigenvalue weighted by Crippen LogP contribution is -2.34. The van der Waals surface area contributed by atoms with Gasteiger partial charge in [-0.2, -0.15) is 0 Å². The molecule has 1 rings (SSSR count). The molecule has 0 aromatic rings. The highest BCUT2D eigenvalue weighted by atomic mass is 35.5. The minimum absolute atomic E-state index is 0. The molecule has 0 saturated carbocycles. The predicted molar refractivity (Wildman–Crippen MR) is 80.5 cm³/mol. The van der Waals surface area contributed by atoms with Gasteiger partial charge in [0.15, 0.2) is 0 Å². The molecule has 5 heteroatoms. The van der Waals surface area contributed by atoms with Crippen LogP contribution in [0.1, 0.15) is 46.0 Å². The van der Waals surface area contributed by atoms with E-state index in [0.29, 0.717) is 31.2 Å². The summed E-state index contributed by atoms with van der Waals surface area (Å²) >= 11 is 0. The van der Waals surface area contributed by atoms with Gasteiger partial charge in [0.05, 0.1) is 6.10 Å². The molecule has 0 aromatic carbocycles. The van der Waals surface area contributed by atoms with Crippen molar-refractivity contribution in [3.05, 3.63) is 0 Å². The molecule has 1 aliphatic rings. The smallest absolute Gasteiger partial charge is 0.220 e. The fourth-order valence-corrected chi connectivity index (χ4v) is 2.53. The predicted octanol–water partition coefficient (Wildman–Crippen LogP) is 1.71. The average molecular weight is 293 g/mol. The van der Waals surface area contributed by atoms with E-state index in [1.54, 1.807) is 0 Å². The first-order chi connectivity index (χ1) is 8.63. The van der Waals surface area contributed by atoms with E-state index in [9.17, 15) is 9.90 Å². The van der Waals surface area contributed by atoms with Crippen molar-refractivity contribution in [3.8, 4) is 0 Å². The van der Waals surface area contributed by atoms with E-state index in [2.05, 4.69) is 17.6 Å². The van der Waals surface area contributed by atoms with E-state index in [0.717, 1.165) is 19.5 Å². The number of piperidine rings is 1. The third kappa shape index (κ3) is 7.75. The SMILES string of the molecule is CCC(O)CCNC(=O)CC(C)C1CCNCC1.Cl. The normalized spacial score (nSPS) is 19.3. The first kappa shape index (κ1) is 18.7. The Hall–Kier alpha value is -0.320. The lowest BCUT2D eigenvalue weighted by atomic mass is 9.84. The second-order valence-electron chi connectivity index (χ2n) is 5.47. The van der Waals surface area contributed by atoms with E-state index in [1.807, 2.05) is 6.92 Å². The largest absolute Gasteiger partial charge is 0.393 e. The summed E-state index contributed by atoms with van der Waals surface area (Å²) in [6.07, 6.45) is 4.11. The van der Waals surface area contributed by atoms with Gasteiger partial charge in [-0.25, -0.2) is 0 Å². The van der Waals surface area contributed by atoms with Crippen LogP contribution < -0.4 is 10.6 Å². The molecule has 1 amide bonds. The lowest BCUT2D eigenvalue weighted by Gasteiger charge is -2.27. The molecule has 0 radical (unpaired) electrons. The average Bonchev–Trinajstić information content (AvgIpc) is 2.39. The van der Waals surface area contributed by atoms with Gasteiger partial charge in [-0.15, -0.1) is 12.4 Å². The van der Waals surface area contributed by atoms with Crippen molar-refractivity contribution >= 4 is 18.3 Å². The Labute approximate surface area is 123 Å². The second-order valence-corrected chi connectivity index (χ2v) is 5.47. The van der Waals surface area contributed by atoms with E-state index in [4.69, 9.17) is 0 Å². The quantitative estimate of drug-likeness (QED) is 0.669. The summed E-state index contributed by atoms with van der Waals surface area (Å²) < 4.78 is 0. The molecule has 114 valence electrons. The van der Waals surface area contributed by atoms with Gasteiger partial charge in [0.25, 0.3) is 0 Å². The molecule has 1 heterocycles. The Kier molecular flexibility index (Phi) is 10.3. The van der Waals surface area contributed by atoms with Gasteiger partial charge < -0.3 is 15.7 Å². The van der Waals surface area contributed by atoms with Crippen molar-refractivity contribution < 1.29 is 9.90 Å². The van der Waals surface area contributed by atoms with Gasteiger partial charge >= 0.3 is 0 Å². The van der Waals surface area contributed by atoms with Gasteiger partial charge in [0.2, 0.25) is 5.91 Å². The van der Waals surface area contributed by atoms with Crippen LogP contribution in [0.3, 0.4) is 0 Å². The van der Waals surface area contributed by atoms with Crippen molar-refractivity contribution in [1.29, 1.82) is 0 Å². The molecule has 19 heavy (non-hydrogen) atoms. The molecule has 1 aliphatic heterocycles. The maximum Gasteiger partial charge on any atom is 0.220 e. The summed E-state index contributed by atoms with van der Waals surface area (Å²) in [6, 6.07) is 0. The zero-order valence-corrected chi connectivity index (χ0v) is 13.0. The fourth-order valence-electron chi connectivity index (χ4n) is 2.53. The van der Waals surface area contributed by atoms with Crippen molar-refractivity contribution in [2.24, 2.45) is 11.8 Å². The Morgan fingerprint density at radius 3 is 2.63 bits per heavy atom. The van der Waals surface area contributed by atoms with Gasteiger partial charge in [0, 0.05) is 13.0 Å². The molecule has 2 atom stereocenters. The summed E-state index contributed by atoms with van der Waals surface area (Å²) in [5.74, 6) is 1.27. The monoisotopic (exact) mass is 292 g/mol. The van der Waals surface area contributed by atoms with E-state index < -0.39 is 0 Å². The number of aliphatic hydroxyl groups is 1. The standard InChI is InChI=1S/C14H28N2O2.ClH/c1-3-13(17)6-9-16-14(18)10-11(2)12-4-7-15-8-5-12;/h11-13,15,17H,3-10H2,1-2H3,(H,16,18);1H. The maximum atomic E-state index is 11.8. The Morgan fingerprint density at radius 2 is 2.05 bits per heavy atom. The molecule has 2 unspecified atom stereocenters. The summed E-state index contributed by atoms with van der Waals surface area (Å²) in [5.41, 5.74) is 0. The van der Waals surface area contributed by atoms with Gasteiger partial charge in [-0.05, 0) is 50.6 Å². The van der Waals surface area contributed by atoms with Crippen LogP contribution in [0.2, 0.25) is 0 Å². The fraction of sp³-hybridized carbons (Fsp3) is 0.929. The van der Waals surface area contributed by atoms with E-state index in [-0.39, 0.29) is 24.4 Å². The molecule has 1 saturated heterocycles. The highest BCUT2D eigenvalue weighted by molar-refractivity contribution is 5.85. The lowest BCUT2D eigenvalue weighted by molar-refractivity contribution is -0.122. The van der Waals surface area contributed by atoms with Crippen molar-refractivity contribution in [1.82, 2.24) is 10.6 Å². The number of carbonyl (C=O) groups excluding carboxylic acids is 1. The Balaban J connectivity index is 0.00000324. The summed E-state index contributed by atoms with van der Waals surface area (Å²) in [6.45, 7) is 6.88. The molecular formula is C14H29ClN2O2. The number of rotatable bonds is 7. The number of carbonyl (C=O) groups is 1. The number of hydrogen-bond donors (Lipinski definition) is 3. The zero-order chi connectivity index (χ0) is 13.4. The van der Waals surface area contributed by atoms with Crippen molar-refractivity contribution in [3.63, 3.8) is 0 Å². The molecule has 0 bridgehead atoms. The van der Waals surface area contributed by atoms with E-state index >= 15 is 0 Å². The number of halogens is 1. The Morgan fingerprint density at radius 1 is 1.42 bits per heavy atom. The van der Waals surface area contributed by atoms with Crippen molar-refractivity contribution in [2.45, 2.75) is 52.1 Å². The van der Waals surface area contributed by atoms with Gasteiger partial charge in [-0.3, -0.25) is 4.79 Å². The number of amides is 1. The highest BCUT2D eigenvalue weighted by Crippen LogP contribution is 2.24. The highest BCUT2D eigenvalue weighted by Gasteiger charge is 2.21. The molecule has 0 spiro atoms. The number of nitrogens with one attached hydrogen (secondary N) is 2. The van der Waals surface area contributed by atoms with Crippen molar-refractivity contribution in [2.75, 3.05) is 19.6 Å². The van der Waals surface area contributed by atoms with Crippen LogP contribution >= 0.6 is 12.4 Å². The van der Waals surface area contributed by atoms with Crippen LogP contribution in [0.4, 0.5) is 0 Å². The Bertz CT molecular complexity index is 246. The topological polar surface area (TPSA) is 61.4 Å². The summed E-state index contributed by atoms with van der Waals surface area (Å²) in [7, 11) is 0. The molecular weight excluding hydrogens is 264 g/mol. The van der Waals surface area contributed by atoms with E-state index in [1.165, 1.54) is 12.8 Å². The summed E-state index contributed by atoms with van der Waals surface area (Å²) in [5, 5.41) is 15.6.